The Hall–Kier alpha value is -4.11. The monoisotopic (exact) mass is 549 g/mol. The van der Waals surface area contributed by atoms with Crippen LogP contribution in [0.2, 0.25) is 0 Å². The van der Waals surface area contributed by atoms with Crippen LogP contribution in [0.1, 0.15) is 40.2 Å². The number of piperidine rings is 1. The summed E-state index contributed by atoms with van der Waals surface area (Å²) in [5.74, 6) is -4.31. The van der Waals surface area contributed by atoms with Crippen LogP contribution in [0.3, 0.4) is 0 Å². The van der Waals surface area contributed by atoms with Gasteiger partial charge in [-0.3, -0.25) is 9.59 Å². The molecule has 0 aliphatic carbocycles. The van der Waals surface area contributed by atoms with Crippen LogP contribution in [0.15, 0.2) is 66.7 Å². The number of amides is 2. The van der Waals surface area contributed by atoms with E-state index in [9.17, 15) is 22.8 Å². The van der Waals surface area contributed by atoms with Gasteiger partial charge in [0.1, 0.15) is 0 Å². The number of ether oxygens (including phenoxy) is 1. The molecule has 6 nitrogen and oxygen atoms in total. The Morgan fingerprint density at radius 1 is 0.850 bits per heavy atom. The molecule has 3 aromatic rings. The van der Waals surface area contributed by atoms with Crippen LogP contribution in [-0.4, -0.2) is 56.1 Å². The number of morpholine rings is 1. The summed E-state index contributed by atoms with van der Waals surface area (Å²) in [5.41, 5.74) is 3.54. The molecule has 2 aliphatic heterocycles. The fourth-order valence-electron chi connectivity index (χ4n) is 5.10. The molecular weight excluding hydrogens is 519 g/mol. The standard InChI is InChI=1S/C31H30F3N3O3/c32-27-19-21(20-28(33)30(27)34)1-10-29(38)35-25-6-2-22(3-7-25)23-11-13-37(14-12-23)31(39)24-4-8-26(9-5-24)36-15-17-40-18-16-36/h1-10,19-20,23H,11-18H2,(H,35,38)/b10-1+. The number of likely N-dealkylation sites (tertiary alicyclic amines) is 1. The maximum absolute atomic E-state index is 13.3. The summed E-state index contributed by atoms with van der Waals surface area (Å²) in [6.45, 7) is 4.48. The SMILES string of the molecule is O=C(/C=C/c1cc(F)c(F)c(F)c1)Nc1ccc(C2CCN(C(=O)c3ccc(N4CCOCC4)cc3)CC2)cc1. The molecule has 9 heteroatoms. The van der Waals surface area contributed by atoms with Crippen LogP contribution in [0, 0.1) is 17.5 Å². The molecule has 0 unspecified atom stereocenters. The van der Waals surface area contributed by atoms with Crippen LogP contribution in [0.5, 0.6) is 0 Å². The predicted octanol–water partition coefficient (Wildman–Crippen LogP) is 5.61. The first-order valence-corrected chi connectivity index (χ1v) is 13.3. The summed E-state index contributed by atoms with van der Waals surface area (Å²) in [7, 11) is 0. The maximum atomic E-state index is 13.3. The summed E-state index contributed by atoms with van der Waals surface area (Å²) >= 11 is 0. The van der Waals surface area contributed by atoms with Crippen LogP contribution in [0.25, 0.3) is 6.08 Å². The number of carbonyl (C=O) groups is 2. The van der Waals surface area contributed by atoms with Crippen LogP contribution in [-0.2, 0) is 9.53 Å². The number of nitrogens with one attached hydrogen (secondary N) is 1. The molecular formula is C31H30F3N3O3. The Kier molecular flexibility index (Phi) is 8.50. The number of nitrogens with zero attached hydrogens (tertiary/aromatic N) is 2. The minimum absolute atomic E-state index is 0.0386. The first-order valence-electron chi connectivity index (χ1n) is 13.3. The molecule has 2 heterocycles. The van der Waals surface area contributed by atoms with E-state index in [0.29, 0.717) is 30.3 Å². The Bertz CT molecular complexity index is 1360. The van der Waals surface area contributed by atoms with Gasteiger partial charge in [0, 0.05) is 49.2 Å². The molecule has 0 bridgehead atoms. The van der Waals surface area contributed by atoms with Crippen molar-refractivity contribution in [1.29, 1.82) is 0 Å². The van der Waals surface area contributed by atoms with Crippen LogP contribution < -0.4 is 10.2 Å². The normalized spacial score (nSPS) is 16.4. The molecule has 2 aliphatic rings. The third kappa shape index (κ3) is 6.54. The lowest BCUT2D eigenvalue weighted by Crippen LogP contribution is -2.38. The second kappa shape index (κ2) is 12.4. The molecule has 40 heavy (non-hydrogen) atoms. The lowest BCUT2D eigenvalue weighted by molar-refractivity contribution is -0.111. The predicted molar refractivity (Wildman–Crippen MR) is 148 cm³/mol. The Balaban J connectivity index is 1.11. The van der Waals surface area contributed by atoms with Crippen LogP contribution in [0.4, 0.5) is 24.5 Å². The van der Waals surface area contributed by atoms with Crippen molar-refractivity contribution in [1.82, 2.24) is 4.90 Å². The molecule has 2 amide bonds. The average molecular weight is 550 g/mol. The first-order chi connectivity index (χ1) is 19.4. The van der Waals surface area contributed by atoms with Gasteiger partial charge in [-0.15, -0.1) is 0 Å². The van der Waals surface area contributed by atoms with E-state index >= 15 is 0 Å². The van der Waals surface area contributed by atoms with Gasteiger partial charge in [0.25, 0.3) is 5.91 Å². The van der Waals surface area contributed by atoms with E-state index in [1.165, 1.54) is 6.08 Å². The molecule has 0 saturated carbocycles. The van der Waals surface area contributed by atoms with Crippen molar-refractivity contribution in [3.8, 4) is 0 Å². The molecule has 1 N–H and O–H groups in total. The highest BCUT2D eigenvalue weighted by Gasteiger charge is 2.25. The highest BCUT2D eigenvalue weighted by atomic mass is 19.2. The quantitative estimate of drug-likeness (QED) is 0.321. The van der Waals surface area contributed by atoms with Gasteiger partial charge in [-0.2, -0.15) is 0 Å². The zero-order valence-corrected chi connectivity index (χ0v) is 21.9. The first kappa shape index (κ1) is 27.5. The van der Waals surface area contributed by atoms with E-state index < -0.39 is 23.4 Å². The van der Waals surface area contributed by atoms with Gasteiger partial charge >= 0.3 is 0 Å². The summed E-state index contributed by atoms with van der Waals surface area (Å²) in [6, 6.07) is 16.9. The minimum Gasteiger partial charge on any atom is -0.378 e. The number of anilines is 2. The number of carbonyl (C=O) groups excluding carboxylic acids is 2. The van der Waals surface area contributed by atoms with Gasteiger partial charge in [-0.05, 0) is 84.5 Å². The Morgan fingerprint density at radius 2 is 1.48 bits per heavy atom. The maximum Gasteiger partial charge on any atom is 0.253 e. The number of hydrogen-bond acceptors (Lipinski definition) is 4. The summed E-state index contributed by atoms with van der Waals surface area (Å²) in [5, 5.41) is 2.70. The van der Waals surface area contributed by atoms with Gasteiger partial charge in [0.2, 0.25) is 5.91 Å². The minimum atomic E-state index is -1.55. The highest BCUT2D eigenvalue weighted by Crippen LogP contribution is 2.30. The molecule has 5 rings (SSSR count). The van der Waals surface area contributed by atoms with Crippen molar-refractivity contribution in [3.63, 3.8) is 0 Å². The van der Waals surface area contributed by atoms with E-state index in [1.807, 2.05) is 41.3 Å². The zero-order chi connectivity index (χ0) is 28.1. The average Bonchev–Trinajstić information content (AvgIpc) is 2.99. The molecule has 0 aromatic heterocycles. The fraction of sp³-hybridized carbons (Fsp3) is 0.290. The van der Waals surface area contributed by atoms with Crippen molar-refractivity contribution in [2.45, 2.75) is 18.8 Å². The third-order valence-corrected chi connectivity index (χ3v) is 7.36. The molecule has 0 radical (unpaired) electrons. The Labute approximate surface area is 231 Å². The molecule has 0 atom stereocenters. The van der Waals surface area contributed by atoms with Gasteiger partial charge in [-0.1, -0.05) is 12.1 Å². The molecule has 3 aromatic carbocycles. The fourth-order valence-corrected chi connectivity index (χ4v) is 5.10. The van der Waals surface area contributed by atoms with Crippen molar-refractivity contribution in [3.05, 3.63) is 101 Å². The topological polar surface area (TPSA) is 61.9 Å². The van der Waals surface area contributed by atoms with Gasteiger partial charge < -0.3 is 19.9 Å². The van der Waals surface area contributed by atoms with E-state index in [2.05, 4.69) is 10.2 Å². The Morgan fingerprint density at radius 3 is 2.10 bits per heavy atom. The smallest absolute Gasteiger partial charge is 0.253 e. The van der Waals surface area contributed by atoms with E-state index in [4.69, 9.17) is 4.74 Å². The lowest BCUT2D eigenvalue weighted by Gasteiger charge is -2.32. The largest absolute Gasteiger partial charge is 0.378 e. The van der Waals surface area contributed by atoms with Gasteiger partial charge in [-0.25, -0.2) is 13.2 Å². The van der Waals surface area contributed by atoms with Crippen molar-refractivity contribution in [2.24, 2.45) is 0 Å². The number of benzene rings is 3. The van der Waals surface area contributed by atoms with Crippen molar-refractivity contribution < 1.29 is 27.5 Å². The van der Waals surface area contributed by atoms with E-state index in [-0.39, 0.29) is 11.5 Å². The van der Waals surface area contributed by atoms with Gasteiger partial charge in [0.15, 0.2) is 17.5 Å². The lowest BCUT2D eigenvalue weighted by atomic mass is 9.89. The number of rotatable bonds is 6. The molecule has 2 saturated heterocycles. The van der Waals surface area contributed by atoms with E-state index in [0.717, 1.165) is 68.6 Å². The zero-order valence-electron chi connectivity index (χ0n) is 21.9. The second-order valence-corrected chi connectivity index (χ2v) is 9.96. The molecule has 0 spiro atoms. The second-order valence-electron chi connectivity index (χ2n) is 9.96. The van der Waals surface area contributed by atoms with Crippen molar-refractivity contribution >= 4 is 29.3 Å². The van der Waals surface area contributed by atoms with Gasteiger partial charge in [0.05, 0.1) is 13.2 Å². The summed E-state index contributed by atoms with van der Waals surface area (Å²) < 4.78 is 45.2. The van der Waals surface area contributed by atoms with E-state index in [1.54, 1.807) is 12.1 Å². The third-order valence-electron chi connectivity index (χ3n) is 7.36. The highest BCUT2D eigenvalue weighted by molar-refractivity contribution is 6.01. The number of halogens is 3. The summed E-state index contributed by atoms with van der Waals surface area (Å²) in [6.07, 6.45) is 4.03. The molecule has 2 fully saturated rings. The number of hydrogen-bond donors (Lipinski definition) is 1. The molecule has 208 valence electrons. The van der Waals surface area contributed by atoms with Crippen LogP contribution >= 0.6 is 0 Å². The van der Waals surface area contributed by atoms with Crippen molar-refractivity contribution in [2.75, 3.05) is 49.6 Å². The summed E-state index contributed by atoms with van der Waals surface area (Å²) in [4.78, 5) is 29.4.